The Morgan fingerprint density at radius 2 is 1.88 bits per heavy atom. The van der Waals surface area contributed by atoms with Crippen molar-refractivity contribution in [2.75, 3.05) is 29.5 Å². The summed E-state index contributed by atoms with van der Waals surface area (Å²) in [6.07, 6.45) is 3.29. The molecule has 4 rings (SSSR count). The first-order valence-electron chi connectivity index (χ1n) is 8.06. The quantitative estimate of drug-likeness (QED) is 0.774. The number of fused-ring (bicyclic) bond motifs is 1. The third-order valence-electron chi connectivity index (χ3n) is 4.70. The minimum Gasteiger partial charge on any atom is -0.333 e. The summed E-state index contributed by atoms with van der Waals surface area (Å²) in [5, 5.41) is 0. The average Bonchev–Trinajstić information content (AvgIpc) is 3.16. The van der Waals surface area contributed by atoms with Crippen LogP contribution < -0.4 is 4.90 Å². The highest BCUT2D eigenvalue weighted by Gasteiger charge is 2.49. The second-order valence-corrected chi connectivity index (χ2v) is 9.80. The van der Waals surface area contributed by atoms with Crippen LogP contribution in [0.5, 0.6) is 0 Å². The Hall–Kier alpha value is -2.00. The number of carbonyl (C=O) groups is 1. The Morgan fingerprint density at radius 1 is 1.16 bits per heavy atom. The lowest BCUT2D eigenvalue weighted by Crippen LogP contribution is -2.61. The van der Waals surface area contributed by atoms with Gasteiger partial charge in [0.05, 0.1) is 28.5 Å². The fourth-order valence-electron chi connectivity index (χ4n) is 3.58. The van der Waals surface area contributed by atoms with Crippen molar-refractivity contribution in [2.45, 2.75) is 19.0 Å². The normalized spacial score (nSPS) is 25.0. The van der Waals surface area contributed by atoms with Gasteiger partial charge in [-0.3, -0.25) is 4.79 Å². The number of amides is 1. The van der Waals surface area contributed by atoms with E-state index >= 15 is 0 Å². The van der Waals surface area contributed by atoms with E-state index in [1.165, 1.54) is 11.3 Å². The van der Waals surface area contributed by atoms with E-state index < -0.39 is 9.84 Å². The van der Waals surface area contributed by atoms with Crippen LogP contribution in [-0.2, 0) is 9.84 Å². The molecule has 4 heterocycles. The van der Waals surface area contributed by atoms with Crippen LogP contribution in [0.2, 0.25) is 0 Å². The zero-order valence-electron chi connectivity index (χ0n) is 13.7. The Bertz CT molecular complexity index is 897. The molecule has 0 N–H and O–H groups in total. The summed E-state index contributed by atoms with van der Waals surface area (Å²) in [5.74, 6) is 0.466. The van der Waals surface area contributed by atoms with Gasteiger partial charge in [0.15, 0.2) is 9.84 Å². The van der Waals surface area contributed by atoms with Crippen LogP contribution >= 0.6 is 11.3 Å². The molecule has 9 heteroatoms. The number of nitrogens with zero attached hydrogens (tertiary/aromatic N) is 4. The Labute approximate surface area is 150 Å². The fourth-order valence-corrected chi connectivity index (χ4v) is 6.39. The molecule has 2 aromatic heterocycles. The summed E-state index contributed by atoms with van der Waals surface area (Å²) in [6.45, 7) is 2.94. The highest BCUT2D eigenvalue weighted by molar-refractivity contribution is 7.91. The third-order valence-corrected chi connectivity index (χ3v) is 7.38. The van der Waals surface area contributed by atoms with E-state index in [9.17, 15) is 13.2 Å². The molecule has 0 unspecified atom stereocenters. The second-order valence-electron chi connectivity index (χ2n) is 6.36. The minimum atomic E-state index is -3.20. The molecule has 25 heavy (non-hydrogen) atoms. The standard InChI is InChI=1S/C16H18N4O3S2/c1-11-3-4-14(24-11)15(21)19-7-8-20(16-17-5-2-6-18-16)13-10-25(22,23)9-12(13)19/h2-6,12-13H,7-10H2,1H3/t12-,13+/m1/s1. The summed E-state index contributed by atoms with van der Waals surface area (Å²) in [4.78, 5) is 26.8. The SMILES string of the molecule is Cc1ccc(C(=O)N2CCN(c3ncccn3)[C@H]3CS(=O)(=O)C[C@H]32)s1. The first-order chi connectivity index (χ1) is 11.9. The van der Waals surface area contributed by atoms with Crippen LogP contribution in [-0.4, -0.2) is 65.9 Å². The molecule has 0 aromatic carbocycles. The molecule has 0 spiro atoms. The van der Waals surface area contributed by atoms with E-state index in [1.807, 2.05) is 24.0 Å². The Balaban J connectivity index is 1.66. The predicted octanol–water partition coefficient (Wildman–Crippen LogP) is 0.975. The molecule has 2 aliphatic rings. The Kier molecular flexibility index (Phi) is 3.99. The number of thiophene rings is 1. The minimum absolute atomic E-state index is 0.00288. The fraction of sp³-hybridized carbons (Fsp3) is 0.438. The summed E-state index contributed by atoms with van der Waals surface area (Å²) < 4.78 is 24.6. The van der Waals surface area contributed by atoms with Crippen molar-refractivity contribution in [3.8, 4) is 0 Å². The summed E-state index contributed by atoms with van der Waals surface area (Å²) in [6, 6.07) is 4.79. The van der Waals surface area contributed by atoms with Gasteiger partial charge in [0.1, 0.15) is 0 Å². The monoisotopic (exact) mass is 378 g/mol. The predicted molar refractivity (Wildman–Crippen MR) is 95.7 cm³/mol. The zero-order chi connectivity index (χ0) is 17.6. The van der Waals surface area contributed by atoms with Gasteiger partial charge < -0.3 is 9.80 Å². The van der Waals surface area contributed by atoms with Gasteiger partial charge in [-0.05, 0) is 25.1 Å². The lowest BCUT2D eigenvalue weighted by atomic mass is 10.0. The van der Waals surface area contributed by atoms with Crippen molar-refractivity contribution < 1.29 is 13.2 Å². The molecule has 0 saturated carbocycles. The van der Waals surface area contributed by atoms with Crippen molar-refractivity contribution in [1.29, 1.82) is 0 Å². The van der Waals surface area contributed by atoms with Crippen LogP contribution in [0.15, 0.2) is 30.6 Å². The highest BCUT2D eigenvalue weighted by Crippen LogP contribution is 2.31. The van der Waals surface area contributed by atoms with Crippen molar-refractivity contribution in [3.05, 3.63) is 40.3 Å². The van der Waals surface area contributed by atoms with Gasteiger partial charge in [0.2, 0.25) is 5.95 Å². The molecule has 2 aromatic rings. The molecule has 1 amide bonds. The van der Waals surface area contributed by atoms with Crippen molar-refractivity contribution in [2.24, 2.45) is 0 Å². The van der Waals surface area contributed by atoms with Crippen molar-refractivity contribution in [3.63, 3.8) is 0 Å². The molecule has 7 nitrogen and oxygen atoms in total. The van der Waals surface area contributed by atoms with Crippen LogP contribution in [0.1, 0.15) is 14.5 Å². The maximum Gasteiger partial charge on any atom is 0.264 e. The molecule has 2 atom stereocenters. The topological polar surface area (TPSA) is 83.5 Å². The van der Waals surface area contributed by atoms with Gasteiger partial charge >= 0.3 is 0 Å². The number of anilines is 1. The summed E-state index contributed by atoms with van der Waals surface area (Å²) >= 11 is 1.44. The molecule has 0 bridgehead atoms. The number of rotatable bonds is 2. The van der Waals surface area contributed by atoms with Gasteiger partial charge in [-0.25, -0.2) is 18.4 Å². The van der Waals surface area contributed by atoms with Crippen LogP contribution in [0.4, 0.5) is 5.95 Å². The van der Waals surface area contributed by atoms with E-state index in [2.05, 4.69) is 9.97 Å². The van der Waals surface area contributed by atoms with Gasteiger partial charge in [-0.1, -0.05) is 0 Å². The summed E-state index contributed by atoms with van der Waals surface area (Å²) in [7, 11) is -3.20. The van der Waals surface area contributed by atoms with Gasteiger partial charge in [0.25, 0.3) is 5.91 Å². The number of hydrogen-bond acceptors (Lipinski definition) is 7. The van der Waals surface area contributed by atoms with Crippen molar-refractivity contribution >= 4 is 33.0 Å². The van der Waals surface area contributed by atoms with E-state index in [4.69, 9.17) is 0 Å². The molecular weight excluding hydrogens is 360 g/mol. The molecule has 2 saturated heterocycles. The highest BCUT2D eigenvalue weighted by atomic mass is 32.2. The average molecular weight is 378 g/mol. The van der Waals surface area contributed by atoms with E-state index in [0.717, 1.165) is 4.88 Å². The van der Waals surface area contributed by atoms with Gasteiger partial charge in [0, 0.05) is 30.4 Å². The molecular formula is C16H18N4O3S2. The number of sulfone groups is 1. The second kappa shape index (κ2) is 6.06. The summed E-state index contributed by atoms with van der Waals surface area (Å²) in [5.41, 5.74) is 0. The van der Waals surface area contributed by atoms with Crippen LogP contribution in [0.25, 0.3) is 0 Å². The molecule has 2 aliphatic heterocycles. The van der Waals surface area contributed by atoms with E-state index in [1.54, 1.807) is 23.4 Å². The van der Waals surface area contributed by atoms with Crippen molar-refractivity contribution in [1.82, 2.24) is 14.9 Å². The lowest BCUT2D eigenvalue weighted by molar-refractivity contribution is 0.0653. The first-order valence-corrected chi connectivity index (χ1v) is 10.7. The van der Waals surface area contributed by atoms with Crippen LogP contribution in [0, 0.1) is 6.92 Å². The molecule has 132 valence electrons. The van der Waals surface area contributed by atoms with E-state index in [-0.39, 0.29) is 29.5 Å². The molecule has 2 fully saturated rings. The first kappa shape index (κ1) is 16.5. The van der Waals surface area contributed by atoms with Crippen LogP contribution in [0.3, 0.4) is 0 Å². The maximum absolute atomic E-state index is 12.9. The number of hydrogen-bond donors (Lipinski definition) is 0. The largest absolute Gasteiger partial charge is 0.333 e. The number of carbonyl (C=O) groups excluding carboxylic acids is 1. The Morgan fingerprint density at radius 3 is 2.56 bits per heavy atom. The zero-order valence-corrected chi connectivity index (χ0v) is 15.3. The maximum atomic E-state index is 12.9. The van der Waals surface area contributed by atoms with E-state index in [0.29, 0.717) is 23.9 Å². The third kappa shape index (κ3) is 3.02. The van der Waals surface area contributed by atoms with Gasteiger partial charge in [-0.2, -0.15) is 0 Å². The number of aryl methyl sites for hydroxylation is 1. The molecule has 0 aliphatic carbocycles. The lowest BCUT2D eigenvalue weighted by Gasteiger charge is -2.43. The smallest absolute Gasteiger partial charge is 0.264 e. The number of aromatic nitrogens is 2. The van der Waals surface area contributed by atoms with Gasteiger partial charge in [-0.15, -0.1) is 11.3 Å². The number of piperazine rings is 1. The molecule has 0 radical (unpaired) electrons.